The van der Waals surface area contributed by atoms with E-state index in [4.69, 9.17) is 0 Å². The van der Waals surface area contributed by atoms with Gasteiger partial charge in [-0.1, -0.05) is 0 Å². The average molecular weight is 175 g/mol. The van der Waals surface area contributed by atoms with Crippen LogP contribution in [-0.2, 0) is 20.4 Å². The fraction of sp³-hybridized carbons (Fsp3) is 0. The van der Waals surface area contributed by atoms with Gasteiger partial charge in [-0.15, -0.1) is 0 Å². The average Bonchev–Trinajstić information content (AvgIpc) is 2.06. The van der Waals surface area contributed by atoms with Crippen molar-refractivity contribution in [2.24, 2.45) is 0 Å². The van der Waals surface area contributed by atoms with Gasteiger partial charge >= 0.3 is 77.5 Å². The van der Waals surface area contributed by atoms with Gasteiger partial charge in [-0.05, 0) is 0 Å². The second-order valence-electron chi connectivity index (χ2n) is 2.53. The first-order chi connectivity index (χ1) is 5.38. The molecule has 2 aromatic rings. The summed E-state index contributed by atoms with van der Waals surface area (Å²) in [5.41, 5.74) is 0. The van der Waals surface area contributed by atoms with E-state index < -0.39 is 0 Å². The van der Waals surface area contributed by atoms with E-state index in [2.05, 4.69) is 62.9 Å². The Balaban J connectivity index is 2.91. The van der Waals surface area contributed by atoms with Crippen LogP contribution in [0, 0.1) is 0 Å². The molecule has 1 heteroatoms. The number of benzene rings is 2. The van der Waals surface area contributed by atoms with Crippen molar-refractivity contribution in [1.82, 2.24) is 0 Å². The van der Waals surface area contributed by atoms with Gasteiger partial charge in [0.05, 0.1) is 0 Å². The second-order valence-corrected chi connectivity index (χ2v) is 3.37. The maximum atomic E-state index is 2.16. The zero-order chi connectivity index (χ0) is 7.68. The molecule has 11 heavy (non-hydrogen) atoms. The van der Waals surface area contributed by atoms with Gasteiger partial charge in [0.15, 0.2) is 0 Å². The van der Waals surface area contributed by atoms with Crippen molar-refractivity contribution in [3.8, 4) is 0 Å². The molecule has 0 atom stereocenters. The summed E-state index contributed by atoms with van der Waals surface area (Å²) in [4.78, 5) is 0. The van der Waals surface area contributed by atoms with Crippen molar-refractivity contribution in [2.45, 2.75) is 0 Å². The molecular weight excluding hydrogens is 168 g/mol. The van der Waals surface area contributed by atoms with Crippen LogP contribution >= 0.6 is 0 Å². The minimum absolute atomic E-state index is 1.33. The molecule has 51 valence electrons. The second kappa shape index (κ2) is 2.81. The summed E-state index contributed by atoms with van der Waals surface area (Å²) in [6.07, 6.45) is 0. The van der Waals surface area contributed by atoms with Crippen LogP contribution in [0.4, 0.5) is 0 Å². The van der Waals surface area contributed by atoms with Crippen LogP contribution in [0.1, 0.15) is 0 Å². The van der Waals surface area contributed by atoms with Gasteiger partial charge in [-0.25, -0.2) is 0 Å². The molecule has 0 aromatic heterocycles. The van der Waals surface area contributed by atoms with E-state index in [1.807, 2.05) is 0 Å². The fourth-order valence-electron chi connectivity index (χ4n) is 1.23. The number of rotatable bonds is 0. The molecule has 0 saturated carbocycles. The SMILES string of the molecule is [Ti][c]1cccc2ccccc12. The fourth-order valence-corrected chi connectivity index (χ4v) is 1.73. The van der Waals surface area contributed by atoms with Gasteiger partial charge in [0.25, 0.3) is 0 Å². The van der Waals surface area contributed by atoms with Gasteiger partial charge in [-0.2, -0.15) is 0 Å². The summed E-state index contributed by atoms with van der Waals surface area (Å²) in [5, 5.41) is 2.68. The Kier molecular flexibility index (Phi) is 1.81. The first kappa shape index (κ1) is 7.08. The molecule has 0 aliphatic heterocycles. The Morgan fingerprint density at radius 3 is 2.36 bits per heavy atom. The first-order valence-corrected chi connectivity index (χ1v) is 4.35. The van der Waals surface area contributed by atoms with Crippen molar-refractivity contribution in [3.63, 3.8) is 0 Å². The molecule has 0 nitrogen and oxygen atoms in total. The summed E-state index contributed by atoms with van der Waals surface area (Å²) < 4.78 is 1.35. The van der Waals surface area contributed by atoms with E-state index in [1.165, 1.54) is 14.6 Å². The Hall–Kier alpha value is -0.586. The molecule has 0 aliphatic carbocycles. The van der Waals surface area contributed by atoms with Crippen LogP contribution in [0.25, 0.3) is 10.8 Å². The number of hydrogen-bond acceptors (Lipinski definition) is 0. The van der Waals surface area contributed by atoms with Crippen molar-refractivity contribution >= 4 is 14.6 Å². The molecule has 0 spiro atoms. The van der Waals surface area contributed by atoms with E-state index in [0.717, 1.165) is 0 Å². The molecule has 2 rings (SSSR count). The summed E-state index contributed by atoms with van der Waals surface area (Å²) in [5.74, 6) is 0. The molecule has 2 aromatic carbocycles. The van der Waals surface area contributed by atoms with Crippen LogP contribution < -0.4 is 3.87 Å². The molecule has 0 heterocycles. The Morgan fingerprint density at radius 2 is 1.55 bits per heavy atom. The summed E-state index contributed by atoms with van der Waals surface area (Å²) >= 11 is 2.14. The van der Waals surface area contributed by atoms with Gasteiger partial charge in [-0.3, -0.25) is 0 Å². The third kappa shape index (κ3) is 1.24. The molecule has 0 radical (unpaired) electrons. The van der Waals surface area contributed by atoms with E-state index in [0.29, 0.717) is 0 Å². The van der Waals surface area contributed by atoms with E-state index in [1.54, 1.807) is 0 Å². The third-order valence-electron chi connectivity index (χ3n) is 1.79. The van der Waals surface area contributed by atoms with Gasteiger partial charge in [0, 0.05) is 0 Å². The molecule has 0 N–H and O–H groups in total. The van der Waals surface area contributed by atoms with Crippen molar-refractivity contribution in [1.29, 1.82) is 0 Å². The zero-order valence-corrected chi connectivity index (χ0v) is 7.60. The molecule has 0 fully saturated rings. The van der Waals surface area contributed by atoms with Crippen molar-refractivity contribution in [3.05, 3.63) is 42.5 Å². The molecule has 0 unspecified atom stereocenters. The summed E-state index contributed by atoms with van der Waals surface area (Å²) in [6, 6.07) is 14.8. The first-order valence-electron chi connectivity index (χ1n) is 3.57. The standard InChI is InChI=1S/C10H7.Ti/c1-2-6-10-8-4-3-7-9(10)5-1;/h1-7H;. The summed E-state index contributed by atoms with van der Waals surface area (Å²) in [7, 11) is 0. The quantitative estimate of drug-likeness (QED) is 0.537. The monoisotopic (exact) mass is 175 g/mol. The van der Waals surface area contributed by atoms with Crippen LogP contribution in [0.15, 0.2) is 42.5 Å². The molecule has 0 bridgehead atoms. The summed E-state index contributed by atoms with van der Waals surface area (Å²) in [6.45, 7) is 0. The minimum atomic E-state index is 1.33. The van der Waals surface area contributed by atoms with E-state index >= 15 is 0 Å². The Bertz CT molecular complexity index is 374. The van der Waals surface area contributed by atoms with Gasteiger partial charge < -0.3 is 0 Å². The normalized spacial score (nSPS) is 10.1. The van der Waals surface area contributed by atoms with Gasteiger partial charge in [0.1, 0.15) is 0 Å². The van der Waals surface area contributed by atoms with E-state index in [9.17, 15) is 0 Å². The Labute approximate surface area is 77.6 Å². The predicted octanol–water partition coefficient (Wildman–Crippen LogP) is 2.01. The van der Waals surface area contributed by atoms with Gasteiger partial charge in [0.2, 0.25) is 0 Å². The molecule has 0 amide bonds. The predicted molar refractivity (Wildman–Crippen MR) is 43.6 cm³/mol. The maximum absolute atomic E-state index is 2.16. The number of hydrogen-bond donors (Lipinski definition) is 0. The Morgan fingerprint density at radius 1 is 0.818 bits per heavy atom. The van der Waals surface area contributed by atoms with Crippen LogP contribution in [0.3, 0.4) is 0 Å². The molecule has 0 aliphatic rings. The zero-order valence-electron chi connectivity index (χ0n) is 6.04. The molecule has 0 saturated heterocycles. The van der Waals surface area contributed by atoms with Crippen LogP contribution in [0.2, 0.25) is 0 Å². The third-order valence-corrected chi connectivity index (χ3v) is 2.47. The number of fused-ring (bicyclic) bond motifs is 1. The van der Waals surface area contributed by atoms with Crippen molar-refractivity contribution in [2.75, 3.05) is 0 Å². The molecular formula is C10H7Ti. The van der Waals surface area contributed by atoms with Crippen LogP contribution in [0.5, 0.6) is 0 Å². The van der Waals surface area contributed by atoms with Crippen LogP contribution in [-0.4, -0.2) is 0 Å². The van der Waals surface area contributed by atoms with Crippen molar-refractivity contribution < 1.29 is 20.4 Å². The van der Waals surface area contributed by atoms with E-state index in [-0.39, 0.29) is 0 Å². The topological polar surface area (TPSA) is 0 Å².